The molecule has 1 aromatic carbocycles. The van der Waals surface area contributed by atoms with Crippen molar-refractivity contribution in [3.05, 3.63) is 65.4 Å². The van der Waals surface area contributed by atoms with Crippen LogP contribution in [0.25, 0.3) is 0 Å². The molecule has 2 aromatic heterocycles. The highest BCUT2D eigenvalue weighted by molar-refractivity contribution is 7.98. The molecule has 0 spiro atoms. The minimum Gasteiger partial charge on any atom is -0.361 e. The molecule has 3 aromatic rings. The highest BCUT2D eigenvalue weighted by Crippen LogP contribution is 2.29. The lowest BCUT2D eigenvalue weighted by atomic mass is 10.2. The molecule has 150 valence electrons. The number of piperazine rings is 1. The van der Waals surface area contributed by atoms with Gasteiger partial charge in [0, 0.05) is 54.8 Å². The Labute approximate surface area is 174 Å². The number of carbonyl (C=O) groups is 1. The molecule has 4 rings (SSSR count). The van der Waals surface area contributed by atoms with E-state index >= 15 is 0 Å². The molecule has 1 aliphatic rings. The van der Waals surface area contributed by atoms with E-state index in [1.807, 2.05) is 43.0 Å². The van der Waals surface area contributed by atoms with E-state index in [9.17, 15) is 4.79 Å². The van der Waals surface area contributed by atoms with Crippen LogP contribution in [-0.2, 0) is 5.75 Å². The average molecular weight is 410 g/mol. The van der Waals surface area contributed by atoms with Crippen molar-refractivity contribution >= 4 is 23.5 Å². The van der Waals surface area contributed by atoms with Gasteiger partial charge in [-0.25, -0.2) is 4.98 Å². The zero-order valence-electron chi connectivity index (χ0n) is 16.5. The van der Waals surface area contributed by atoms with Gasteiger partial charge >= 0.3 is 0 Å². The molecule has 29 heavy (non-hydrogen) atoms. The molecule has 8 heteroatoms. The Morgan fingerprint density at radius 1 is 1.14 bits per heavy atom. The van der Waals surface area contributed by atoms with Crippen LogP contribution in [0.2, 0.25) is 0 Å². The standard InChI is InChI=1S/C21H23N5O2S/c1-15-18(16(2)28-24-15)14-29-19-6-4-3-5-17(19)21(27)26-11-9-25(10-12-26)20-13-22-7-8-23-20/h3-8,13H,9-12,14H2,1-2H3. The van der Waals surface area contributed by atoms with Crippen LogP contribution in [0.4, 0.5) is 5.82 Å². The van der Waals surface area contributed by atoms with Gasteiger partial charge < -0.3 is 14.3 Å². The molecule has 3 heterocycles. The molecule has 1 fully saturated rings. The van der Waals surface area contributed by atoms with Crippen molar-refractivity contribution in [3.8, 4) is 0 Å². The summed E-state index contributed by atoms with van der Waals surface area (Å²) in [5.41, 5.74) is 2.74. The first-order chi connectivity index (χ1) is 14.1. The molecule has 0 atom stereocenters. The third-order valence-corrected chi connectivity index (χ3v) is 6.21. The van der Waals surface area contributed by atoms with E-state index in [1.165, 1.54) is 0 Å². The molecule has 0 aliphatic carbocycles. The van der Waals surface area contributed by atoms with E-state index in [4.69, 9.17) is 4.52 Å². The van der Waals surface area contributed by atoms with Crippen molar-refractivity contribution in [2.75, 3.05) is 31.1 Å². The summed E-state index contributed by atoms with van der Waals surface area (Å²) < 4.78 is 5.25. The molecule has 0 unspecified atom stereocenters. The van der Waals surface area contributed by atoms with Gasteiger partial charge in [0.1, 0.15) is 11.6 Å². The van der Waals surface area contributed by atoms with E-state index in [1.54, 1.807) is 30.4 Å². The van der Waals surface area contributed by atoms with Gasteiger partial charge in [-0.05, 0) is 26.0 Å². The lowest BCUT2D eigenvalue weighted by Gasteiger charge is -2.35. The van der Waals surface area contributed by atoms with Crippen molar-refractivity contribution < 1.29 is 9.32 Å². The molecule has 7 nitrogen and oxygen atoms in total. The number of amides is 1. The number of thioether (sulfide) groups is 1. The third kappa shape index (κ3) is 4.27. The summed E-state index contributed by atoms with van der Waals surface area (Å²) in [5, 5.41) is 4.01. The summed E-state index contributed by atoms with van der Waals surface area (Å²) in [6.45, 7) is 6.69. The van der Waals surface area contributed by atoms with E-state index < -0.39 is 0 Å². The van der Waals surface area contributed by atoms with Crippen molar-refractivity contribution in [1.82, 2.24) is 20.0 Å². The summed E-state index contributed by atoms with van der Waals surface area (Å²) in [6, 6.07) is 7.81. The first-order valence-electron chi connectivity index (χ1n) is 9.57. The highest BCUT2D eigenvalue weighted by atomic mass is 32.2. The smallest absolute Gasteiger partial charge is 0.255 e. The molecule has 0 saturated carbocycles. The van der Waals surface area contributed by atoms with Gasteiger partial charge in [-0.2, -0.15) is 0 Å². The number of hydrogen-bond donors (Lipinski definition) is 0. The van der Waals surface area contributed by atoms with Crippen LogP contribution in [0.5, 0.6) is 0 Å². The Balaban J connectivity index is 1.43. The van der Waals surface area contributed by atoms with E-state index in [0.29, 0.717) is 13.1 Å². The molecule has 0 radical (unpaired) electrons. The van der Waals surface area contributed by atoms with Crippen LogP contribution in [0, 0.1) is 13.8 Å². The van der Waals surface area contributed by atoms with Gasteiger partial charge in [0.2, 0.25) is 0 Å². The fourth-order valence-electron chi connectivity index (χ4n) is 3.39. The first-order valence-corrected chi connectivity index (χ1v) is 10.6. The minimum atomic E-state index is 0.0747. The van der Waals surface area contributed by atoms with Crippen molar-refractivity contribution in [1.29, 1.82) is 0 Å². The van der Waals surface area contributed by atoms with Crippen LogP contribution in [-0.4, -0.2) is 52.1 Å². The van der Waals surface area contributed by atoms with Gasteiger partial charge in [0.25, 0.3) is 5.91 Å². The number of aryl methyl sites for hydroxylation is 2. The molecular formula is C21H23N5O2S. The largest absolute Gasteiger partial charge is 0.361 e. The number of hydrogen-bond acceptors (Lipinski definition) is 7. The Morgan fingerprint density at radius 3 is 2.62 bits per heavy atom. The number of nitrogens with zero attached hydrogens (tertiary/aromatic N) is 5. The van der Waals surface area contributed by atoms with Crippen LogP contribution in [0.3, 0.4) is 0 Å². The fraction of sp³-hybridized carbons (Fsp3) is 0.333. The van der Waals surface area contributed by atoms with Gasteiger partial charge in [-0.1, -0.05) is 17.3 Å². The number of anilines is 1. The lowest BCUT2D eigenvalue weighted by molar-refractivity contribution is 0.0743. The number of carbonyl (C=O) groups excluding carboxylic acids is 1. The summed E-state index contributed by atoms with van der Waals surface area (Å²) >= 11 is 1.65. The van der Waals surface area contributed by atoms with Gasteiger partial charge in [-0.3, -0.25) is 9.78 Å². The maximum atomic E-state index is 13.2. The molecule has 1 amide bonds. The lowest BCUT2D eigenvalue weighted by Crippen LogP contribution is -2.49. The van der Waals surface area contributed by atoms with Crippen molar-refractivity contribution in [3.63, 3.8) is 0 Å². The zero-order chi connectivity index (χ0) is 20.2. The summed E-state index contributed by atoms with van der Waals surface area (Å²) in [4.78, 5) is 26.7. The predicted octanol–water partition coefficient (Wildman–Crippen LogP) is 3.34. The van der Waals surface area contributed by atoms with Gasteiger partial charge in [0.15, 0.2) is 0 Å². The predicted molar refractivity (Wildman–Crippen MR) is 112 cm³/mol. The Kier molecular flexibility index (Phi) is 5.80. The van der Waals surface area contributed by atoms with Gasteiger partial charge in [0.05, 0.1) is 17.5 Å². The summed E-state index contributed by atoms with van der Waals surface area (Å²) in [7, 11) is 0. The first kappa shape index (κ1) is 19.4. The number of benzene rings is 1. The molecular weight excluding hydrogens is 386 g/mol. The minimum absolute atomic E-state index is 0.0747. The van der Waals surface area contributed by atoms with Crippen molar-refractivity contribution in [2.24, 2.45) is 0 Å². The van der Waals surface area contributed by atoms with Crippen molar-refractivity contribution in [2.45, 2.75) is 24.5 Å². The summed E-state index contributed by atoms with van der Waals surface area (Å²) in [6.07, 6.45) is 5.12. The second-order valence-corrected chi connectivity index (χ2v) is 7.95. The van der Waals surface area contributed by atoms with E-state index in [0.717, 1.165) is 52.1 Å². The van der Waals surface area contributed by atoms with Crippen LogP contribution in [0.15, 0.2) is 52.3 Å². The SMILES string of the molecule is Cc1noc(C)c1CSc1ccccc1C(=O)N1CCN(c2cnccn2)CC1. The summed E-state index contributed by atoms with van der Waals surface area (Å²) in [5.74, 6) is 2.49. The second-order valence-electron chi connectivity index (χ2n) is 6.93. The normalized spacial score (nSPS) is 14.3. The van der Waals surface area contributed by atoms with Gasteiger partial charge in [-0.15, -0.1) is 11.8 Å². The monoisotopic (exact) mass is 409 g/mol. The van der Waals surface area contributed by atoms with Crippen LogP contribution < -0.4 is 4.90 Å². The van der Waals surface area contributed by atoms with E-state index in [2.05, 4.69) is 20.0 Å². The fourth-order valence-corrected chi connectivity index (χ4v) is 4.59. The highest BCUT2D eigenvalue weighted by Gasteiger charge is 2.24. The maximum Gasteiger partial charge on any atom is 0.255 e. The molecule has 1 aliphatic heterocycles. The Morgan fingerprint density at radius 2 is 1.93 bits per heavy atom. The topological polar surface area (TPSA) is 75.4 Å². The quantitative estimate of drug-likeness (QED) is 0.598. The molecule has 0 N–H and O–H groups in total. The van der Waals surface area contributed by atoms with Crippen LogP contribution >= 0.6 is 11.8 Å². The maximum absolute atomic E-state index is 13.2. The average Bonchev–Trinajstić information content (AvgIpc) is 3.10. The number of rotatable bonds is 5. The molecule has 0 bridgehead atoms. The Bertz CT molecular complexity index is 964. The number of aromatic nitrogens is 3. The zero-order valence-corrected chi connectivity index (χ0v) is 17.4. The Hall–Kier alpha value is -2.87. The third-order valence-electron chi connectivity index (χ3n) is 5.11. The van der Waals surface area contributed by atoms with Crippen LogP contribution in [0.1, 0.15) is 27.4 Å². The second kappa shape index (κ2) is 8.65. The molecule has 1 saturated heterocycles. The van der Waals surface area contributed by atoms with E-state index in [-0.39, 0.29) is 5.91 Å².